The van der Waals surface area contributed by atoms with E-state index < -0.39 is 21.2 Å². The van der Waals surface area contributed by atoms with Crippen molar-refractivity contribution in [3.8, 4) is 0 Å². The molecule has 0 aliphatic carbocycles. The number of nitrogens with zero attached hydrogens (tertiary/aromatic N) is 3. The number of aromatic nitrogens is 1. The topological polar surface area (TPSA) is 113 Å². The van der Waals surface area contributed by atoms with E-state index in [0.29, 0.717) is 4.73 Å². The summed E-state index contributed by atoms with van der Waals surface area (Å²) < 4.78 is 0.356. The van der Waals surface area contributed by atoms with Crippen LogP contribution in [0.1, 0.15) is 0 Å². The molecule has 2 aromatic rings. The lowest BCUT2D eigenvalue weighted by Gasteiger charge is -2.01. The molecule has 8 heteroatoms. The molecule has 2 rings (SSSR count). The maximum Gasteiger partial charge on any atom is 0.290 e. The average molecular weight is 235 g/mol. The Morgan fingerprint density at radius 1 is 1.12 bits per heavy atom. The number of non-ortho nitro benzene ring substituents is 2. The monoisotopic (exact) mass is 235 g/mol. The predicted octanol–water partition coefficient (Wildman–Crippen LogP) is 1.29. The second kappa shape index (κ2) is 3.67. The Kier molecular flexibility index (Phi) is 2.32. The second-order valence-corrected chi connectivity index (χ2v) is 3.25. The van der Waals surface area contributed by atoms with Gasteiger partial charge in [0.15, 0.2) is 6.20 Å². The minimum Gasteiger partial charge on any atom is -0.618 e. The van der Waals surface area contributed by atoms with Crippen LogP contribution in [0, 0.1) is 25.4 Å². The van der Waals surface area contributed by atoms with Gasteiger partial charge in [-0.05, 0) is 6.07 Å². The van der Waals surface area contributed by atoms with Crippen molar-refractivity contribution in [2.45, 2.75) is 0 Å². The number of benzene rings is 1. The van der Waals surface area contributed by atoms with Crippen molar-refractivity contribution in [3.05, 3.63) is 55.9 Å². The highest BCUT2D eigenvalue weighted by atomic mass is 16.6. The number of hydrogen-bond acceptors (Lipinski definition) is 5. The third kappa shape index (κ3) is 1.71. The minimum atomic E-state index is -0.778. The molecule has 0 N–H and O–H groups in total. The van der Waals surface area contributed by atoms with Crippen molar-refractivity contribution < 1.29 is 14.6 Å². The van der Waals surface area contributed by atoms with Gasteiger partial charge in [0, 0.05) is 6.07 Å². The van der Waals surface area contributed by atoms with Gasteiger partial charge < -0.3 is 5.21 Å². The Hall–Kier alpha value is -2.77. The van der Waals surface area contributed by atoms with Crippen LogP contribution in [0.25, 0.3) is 10.9 Å². The van der Waals surface area contributed by atoms with Gasteiger partial charge in [-0.1, -0.05) is 0 Å². The molecule has 0 spiro atoms. The standard InChI is InChI=1S/C9H5N3O5/c13-10-3-1-2-7-8(10)4-6(11(14)15)5-9(7)12(16)17/h1-5H. The highest BCUT2D eigenvalue weighted by molar-refractivity contribution is 5.88. The SMILES string of the molecule is O=[N+]([O-])c1cc([N+](=O)[O-])c2ccc[n+]([O-])c2c1. The van der Waals surface area contributed by atoms with Crippen LogP contribution in [-0.4, -0.2) is 9.85 Å². The molecular weight excluding hydrogens is 230 g/mol. The summed E-state index contributed by atoms with van der Waals surface area (Å²) in [6.45, 7) is 0. The summed E-state index contributed by atoms with van der Waals surface area (Å²) in [5, 5.41) is 32.8. The molecule has 0 amide bonds. The van der Waals surface area contributed by atoms with E-state index in [1.165, 1.54) is 12.1 Å². The second-order valence-electron chi connectivity index (χ2n) is 3.25. The van der Waals surface area contributed by atoms with Crippen molar-refractivity contribution >= 4 is 22.3 Å². The maximum atomic E-state index is 11.4. The van der Waals surface area contributed by atoms with E-state index >= 15 is 0 Å². The zero-order chi connectivity index (χ0) is 12.6. The Bertz CT molecular complexity index is 640. The van der Waals surface area contributed by atoms with Gasteiger partial charge in [0.25, 0.3) is 11.4 Å². The van der Waals surface area contributed by atoms with E-state index in [2.05, 4.69) is 0 Å². The molecule has 86 valence electrons. The lowest BCUT2D eigenvalue weighted by Crippen LogP contribution is -2.26. The number of fused-ring (bicyclic) bond motifs is 1. The fourth-order valence-corrected chi connectivity index (χ4v) is 1.52. The van der Waals surface area contributed by atoms with Crippen LogP contribution < -0.4 is 4.73 Å². The number of nitro groups is 2. The smallest absolute Gasteiger partial charge is 0.290 e. The van der Waals surface area contributed by atoms with E-state index in [1.807, 2.05) is 0 Å². The number of rotatable bonds is 2. The summed E-state index contributed by atoms with van der Waals surface area (Å²) in [6, 6.07) is 4.55. The molecule has 1 aromatic heterocycles. The summed E-state index contributed by atoms with van der Waals surface area (Å²) in [5.74, 6) is 0. The van der Waals surface area contributed by atoms with Gasteiger partial charge >= 0.3 is 0 Å². The van der Waals surface area contributed by atoms with Crippen molar-refractivity contribution in [1.29, 1.82) is 0 Å². The summed E-state index contributed by atoms with van der Waals surface area (Å²) in [7, 11) is 0. The zero-order valence-corrected chi connectivity index (χ0v) is 8.27. The maximum absolute atomic E-state index is 11.4. The highest BCUT2D eigenvalue weighted by Crippen LogP contribution is 2.28. The first kappa shape index (κ1) is 10.7. The van der Waals surface area contributed by atoms with E-state index in [-0.39, 0.29) is 10.9 Å². The molecule has 0 aliphatic heterocycles. The van der Waals surface area contributed by atoms with E-state index in [1.54, 1.807) is 0 Å². The number of pyridine rings is 1. The first-order valence-corrected chi connectivity index (χ1v) is 4.45. The van der Waals surface area contributed by atoms with Crippen LogP contribution in [-0.2, 0) is 0 Å². The quantitative estimate of drug-likeness (QED) is 0.336. The molecule has 0 saturated heterocycles. The van der Waals surface area contributed by atoms with Gasteiger partial charge in [0.05, 0.1) is 22.0 Å². The largest absolute Gasteiger partial charge is 0.618 e. The number of hydrogen-bond donors (Lipinski definition) is 0. The van der Waals surface area contributed by atoms with Crippen LogP contribution in [0.2, 0.25) is 0 Å². The van der Waals surface area contributed by atoms with E-state index in [0.717, 1.165) is 18.3 Å². The molecule has 0 aliphatic rings. The van der Waals surface area contributed by atoms with Crippen LogP contribution in [0.15, 0.2) is 30.5 Å². The Balaban J connectivity index is 2.91. The predicted molar refractivity (Wildman–Crippen MR) is 56.2 cm³/mol. The fraction of sp³-hybridized carbons (Fsp3) is 0. The molecule has 0 saturated carbocycles. The van der Waals surface area contributed by atoms with E-state index in [4.69, 9.17) is 0 Å². The molecule has 0 fully saturated rings. The summed E-state index contributed by atoms with van der Waals surface area (Å²) >= 11 is 0. The molecule has 0 radical (unpaired) electrons. The normalized spacial score (nSPS) is 10.4. The molecule has 0 bridgehead atoms. The highest BCUT2D eigenvalue weighted by Gasteiger charge is 2.23. The van der Waals surface area contributed by atoms with Gasteiger partial charge in [-0.15, -0.1) is 0 Å². The third-order valence-electron chi connectivity index (χ3n) is 2.25. The van der Waals surface area contributed by atoms with Gasteiger partial charge in [-0.2, -0.15) is 4.73 Å². The van der Waals surface area contributed by atoms with Crippen LogP contribution in [0.4, 0.5) is 11.4 Å². The van der Waals surface area contributed by atoms with Gasteiger partial charge in [0.1, 0.15) is 5.39 Å². The molecule has 8 nitrogen and oxygen atoms in total. The molecule has 17 heavy (non-hydrogen) atoms. The molecule has 1 heterocycles. The summed E-state index contributed by atoms with van der Waals surface area (Å²) in [4.78, 5) is 19.8. The van der Waals surface area contributed by atoms with Gasteiger partial charge in [-0.25, -0.2) is 0 Å². The average Bonchev–Trinajstić information content (AvgIpc) is 2.28. The van der Waals surface area contributed by atoms with Crippen molar-refractivity contribution in [3.63, 3.8) is 0 Å². The lowest BCUT2D eigenvalue weighted by atomic mass is 10.1. The van der Waals surface area contributed by atoms with Crippen molar-refractivity contribution in [2.24, 2.45) is 0 Å². The molecule has 0 unspecified atom stereocenters. The molecule has 1 aromatic carbocycles. The van der Waals surface area contributed by atoms with Crippen molar-refractivity contribution in [2.75, 3.05) is 0 Å². The Morgan fingerprint density at radius 2 is 1.82 bits per heavy atom. The van der Waals surface area contributed by atoms with Crippen molar-refractivity contribution in [1.82, 2.24) is 0 Å². The summed E-state index contributed by atoms with van der Waals surface area (Å²) in [5.41, 5.74) is -1.05. The van der Waals surface area contributed by atoms with Crippen LogP contribution in [0.3, 0.4) is 0 Å². The van der Waals surface area contributed by atoms with Crippen LogP contribution in [0.5, 0.6) is 0 Å². The number of nitro benzene ring substituents is 2. The molecule has 0 atom stereocenters. The lowest BCUT2D eigenvalue weighted by molar-refractivity contribution is -0.577. The first-order chi connectivity index (χ1) is 8.00. The van der Waals surface area contributed by atoms with Gasteiger partial charge in [-0.3, -0.25) is 20.2 Å². The van der Waals surface area contributed by atoms with E-state index in [9.17, 15) is 25.4 Å². The molecular formula is C9H5N3O5. The minimum absolute atomic E-state index is 0.0677. The zero-order valence-electron chi connectivity index (χ0n) is 8.27. The van der Waals surface area contributed by atoms with Gasteiger partial charge in [0.2, 0.25) is 5.52 Å². The van der Waals surface area contributed by atoms with Crippen LogP contribution >= 0.6 is 0 Å². The third-order valence-corrected chi connectivity index (χ3v) is 2.25. The Labute approximate surface area is 93.6 Å². The fourth-order valence-electron chi connectivity index (χ4n) is 1.52. The summed E-state index contributed by atoms with van der Waals surface area (Å²) in [6.07, 6.45) is 1.12. The Morgan fingerprint density at radius 3 is 2.41 bits per heavy atom. The first-order valence-electron chi connectivity index (χ1n) is 4.45.